The minimum absolute atomic E-state index is 0.205. The van der Waals surface area contributed by atoms with Gasteiger partial charge in [-0.05, 0) is 38.0 Å². The highest BCUT2D eigenvalue weighted by atomic mass is 16.5. The Bertz CT molecular complexity index is 325. The van der Waals surface area contributed by atoms with Gasteiger partial charge in [0.05, 0.1) is 6.61 Å². The molecule has 0 aliphatic carbocycles. The Labute approximate surface area is 133 Å². The van der Waals surface area contributed by atoms with Gasteiger partial charge < -0.3 is 20.1 Å². The lowest BCUT2D eigenvalue weighted by atomic mass is 9.90. The van der Waals surface area contributed by atoms with Gasteiger partial charge in [-0.15, -0.1) is 0 Å². The zero-order valence-electron chi connectivity index (χ0n) is 14.6. The Balaban J connectivity index is 0. The first-order valence-electron chi connectivity index (χ1n) is 7.80. The second-order valence-corrected chi connectivity index (χ2v) is 6.19. The molecule has 0 bridgehead atoms. The quantitative estimate of drug-likeness (QED) is 0.592. The van der Waals surface area contributed by atoms with Crippen LogP contribution in [-0.2, 0) is 14.3 Å². The normalized spacial score (nSPS) is 14.8. The van der Waals surface area contributed by atoms with Crippen molar-refractivity contribution in [2.45, 2.75) is 72.5 Å². The Morgan fingerprint density at radius 1 is 1.09 bits per heavy atom. The van der Waals surface area contributed by atoms with Crippen LogP contribution in [0.25, 0.3) is 0 Å². The van der Waals surface area contributed by atoms with Crippen LogP contribution >= 0.6 is 0 Å². The second kappa shape index (κ2) is 11.4. The molecule has 2 unspecified atom stereocenters. The van der Waals surface area contributed by atoms with Crippen molar-refractivity contribution in [2.24, 2.45) is 11.8 Å². The zero-order chi connectivity index (χ0) is 17.9. The SMILES string of the molecule is CCC(O)(CC(C)C)C(=O)O.CCOC(=O)C(O)CC(C)C. The summed E-state index contributed by atoms with van der Waals surface area (Å²) in [7, 11) is 0. The van der Waals surface area contributed by atoms with E-state index in [1.54, 1.807) is 13.8 Å². The van der Waals surface area contributed by atoms with Crippen molar-refractivity contribution in [2.75, 3.05) is 6.61 Å². The van der Waals surface area contributed by atoms with Gasteiger partial charge >= 0.3 is 11.9 Å². The number of ether oxygens (including phenoxy) is 1. The number of aliphatic carboxylic acids is 1. The topological polar surface area (TPSA) is 104 Å². The molecule has 0 aromatic rings. The minimum atomic E-state index is -1.52. The molecule has 0 fully saturated rings. The van der Waals surface area contributed by atoms with E-state index < -0.39 is 23.6 Å². The molecule has 2 atom stereocenters. The third-order valence-corrected chi connectivity index (χ3v) is 2.98. The molecule has 0 aliphatic rings. The van der Waals surface area contributed by atoms with Crippen LogP contribution in [0.15, 0.2) is 0 Å². The number of esters is 1. The van der Waals surface area contributed by atoms with Crippen LogP contribution in [0.1, 0.15) is 60.8 Å². The van der Waals surface area contributed by atoms with Crippen LogP contribution in [-0.4, -0.2) is 45.6 Å². The molecule has 6 nitrogen and oxygen atoms in total. The van der Waals surface area contributed by atoms with Gasteiger partial charge in [-0.2, -0.15) is 0 Å². The molecule has 0 saturated carbocycles. The summed E-state index contributed by atoms with van der Waals surface area (Å²) in [6.45, 7) is 11.4. The average molecular weight is 320 g/mol. The van der Waals surface area contributed by atoms with Gasteiger partial charge in [0.2, 0.25) is 0 Å². The van der Waals surface area contributed by atoms with Crippen molar-refractivity contribution in [3.05, 3.63) is 0 Å². The Morgan fingerprint density at radius 3 is 1.82 bits per heavy atom. The van der Waals surface area contributed by atoms with Gasteiger partial charge in [0.1, 0.15) is 0 Å². The van der Waals surface area contributed by atoms with Gasteiger partial charge in [0.25, 0.3) is 0 Å². The molecule has 0 amide bonds. The first-order valence-corrected chi connectivity index (χ1v) is 7.80. The lowest BCUT2D eigenvalue weighted by molar-refractivity contribution is -0.160. The molecule has 6 heteroatoms. The highest BCUT2D eigenvalue weighted by Gasteiger charge is 2.34. The number of hydrogen-bond donors (Lipinski definition) is 3. The van der Waals surface area contributed by atoms with Gasteiger partial charge in [0, 0.05) is 0 Å². The van der Waals surface area contributed by atoms with E-state index in [1.165, 1.54) is 0 Å². The monoisotopic (exact) mass is 320 g/mol. The molecule has 0 aromatic carbocycles. The second-order valence-electron chi connectivity index (χ2n) is 6.19. The number of carbonyl (C=O) groups is 2. The standard InChI is InChI=1S/2C8H16O3/c1-4-8(11,7(9)10)5-6(2)3;1-4-11-8(10)7(9)5-6(2)3/h6,11H,4-5H2,1-3H3,(H,9,10);6-7,9H,4-5H2,1-3H3. The van der Waals surface area contributed by atoms with Gasteiger partial charge in [-0.1, -0.05) is 34.6 Å². The third kappa shape index (κ3) is 10.6. The van der Waals surface area contributed by atoms with Crippen LogP contribution < -0.4 is 0 Å². The number of aliphatic hydroxyl groups excluding tert-OH is 1. The fraction of sp³-hybridized carbons (Fsp3) is 0.875. The van der Waals surface area contributed by atoms with Gasteiger partial charge in [-0.25, -0.2) is 9.59 Å². The van der Waals surface area contributed by atoms with E-state index in [9.17, 15) is 14.7 Å². The summed E-state index contributed by atoms with van der Waals surface area (Å²) in [5, 5.41) is 27.2. The smallest absolute Gasteiger partial charge is 0.335 e. The molecular weight excluding hydrogens is 288 g/mol. The highest BCUT2D eigenvalue weighted by molar-refractivity contribution is 5.76. The fourth-order valence-electron chi connectivity index (χ4n) is 1.84. The number of carboxylic acid groups (broad SMARTS) is 1. The van der Waals surface area contributed by atoms with E-state index in [4.69, 9.17) is 10.2 Å². The Morgan fingerprint density at radius 2 is 1.59 bits per heavy atom. The summed E-state index contributed by atoms with van der Waals surface area (Å²) in [6, 6.07) is 0. The molecule has 0 rings (SSSR count). The van der Waals surface area contributed by atoms with Crippen molar-refractivity contribution in [3.8, 4) is 0 Å². The number of carbonyl (C=O) groups excluding carboxylic acids is 1. The number of carboxylic acids is 1. The van der Waals surface area contributed by atoms with Gasteiger partial charge in [0.15, 0.2) is 11.7 Å². The molecule has 0 heterocycles. The van der Waals surface area contributed by atoms with Crippen molar-refractivity contribution in [1.29, 1.82) is 0 Å². The fourth-order valence-corrected chi connectivity index (χ4v) is 1.84. The van der Waals surface area contributed by atoms with Crippen LogP contribution in [0.2, 0.25) is 0 Å². The first kappa shape index (κ1) is 23.1. The lowest BCUT2D eigenvalue weighted by Crippen LogP contribution is -2.38. The Hall–Kier alpha value is -1.14. The summed E-state index contributed by atoms with van der Waals surface area (Å²) >= 11 is 0. The van der Waals surface area contributed by atoms with Crippen molar-refractivity contribution in [1.82, 2.24) is 0 Å². The van der Waals surface area contributed by atoms with Crippen LogP contribution in [0.3, 0.4) is 0 Å². The molecule has 0 saturated heterocycles. The molecule has 0 radical (unpaired) electrons. The van der Waals surface area contributed by atoms with Crippen LogP contribution in [0.4, 0.5) is 0 Å². The maximum Gasteiger partial charge on any atom is 0.335 e. The van der Waals surface area contributed by atoms with Crippen LogP contribution in [0.5, 0.6) is 0 Å². The summed E-state index contributed by atoms with van der Waals surface area (Å²) < 4.78 is 4.62. The number of aliphatic hydroxyl groups is 2. The van der Waals surface area contributed by atoms with Crippen LogP contribution in [0, 0.1) is 11.8 Å². The van der Waals surface area contributed by atoms with Crippen molar-refractivity contribution >= 4 is 11.9 Å². The maximum absolute atomic E-state index is 10.8. The van der Waals surface area contributed by atoms with Crippen molar-refractivity contribution in [3.63, 3.8) is 0 Å². The van der Waals surface area contributed by atoms with Gasteiger partial charge in [-0.3, -0.25) is 0 Å². The summed E-state index contributed by atoms with van der Waals surface area (Å²) in [5.74, 6) is -1.11. The number of hydrogen-bond acceptors (Lipinski definition) is 5. The first-order chi connectivity index (χ1) is 10.00. The van der Waals surface area contributed by atoms with E-state index in [0.29, 0.717) is 25.4 Å². The van der Waals surface area contributed by atoms with E-state index in [2.05, 4.69) is 4.74 Å². The molecule has 0 aliphatic heterocycles. The molecule has 0 spiro atoms. The predicted molar refractivity (Wildman–Crippen MR) is 84.4 cm³/mol. The van der Waals surface area contributed by atoms with Crippen molar-refractivity contribution < 1.29 is 29.6 Å². The summed E-state index contributed by atoms with van der Waals surface area (Å²) in [4.78, 5) is 21.3. The largest absolute Gasteiger partial charge is 0.479 e. The molecule has 22 heavy (non-hydrogen) atoms. The summed E-state index contributed by atoms with van der Waals surface area (Å²) in [6.07, 6.45) is 0.105. The Kier molecular flexibility index (Phi) is 12.0. The number of rotatable bonds is 8. The van der Waals surface area contributed by atoms with E-state index in [1.807, 2.05) is 27.7 Å². The highest BCUT2D eigenvalue weighted by Crippen LogP contribution is 2.20. The lowest BCUT2D eigenvalue weighted by Gasteiger charge is -2.23. The molecule has 132 valence electrons. The minimum Gasteiger partial charge on any atom is -0.479 e. The molecule has 0 aromatic heterocycles. The molecule has 3 N–H and O–H groups in total. The maximum atomic E-state index is 10.8. The third-order valence-electron chi connectivity index (χ3n) is 2.98. The van der Waals surface area contributed by atoms with E-state index in [0.717, 1.165) is 0 Å². The summed E-state index contributed by atoms with van der Waals surface area (Å²) in [5.41, 5.74) is -1.52. The average Bonchev–Trinajstić information content (AvgIpc) is 2.37. The van der Waals surface area contributed by atoms with E-state index >= 15 is 0 Å². The molecular formula is C16H32O6. The predicted octanol–water partition coefficient (Wildman–Crippen LogP) is 2.21. The van der Waals surface area contributed by atoms with E-state index in [-0.39, 0.29) is 12.3 Å². The zero-order valence-corrected chi connectivity index (χ0v) is 14.6.